The molecule has 0 unspecified atom stereocenters. The highest BCUT2D eigenvalue weighted by Gasteiger charge is 2.23. The zero-order chi connectivity index (χ0) is 13.5. The number of carboxylic acids is 1. The van der Waals surface area contributed by atoms with Gasteiger partial charge in [-0.15, -0.1) is 0 Å². The number of aliphatic carboxylic acids is 1. The van der Waals surface area contributed by atoms with Crippen LogP contribution < -0.4 is 4.72 Å². The van der Waals surface area contributed by atoms with Crippen LogP contribution in [0.4, 0.5) is 0 Å². The molecule has 7 nitrogen and oxygen atoms in total. The minimum atomic E-state index is -3.76. The number of rotatable bonds is 9. The van der Waals surface area contributed by atoms with Gasteiger partial charge in [0.2, 0.25) is 0 Å². The lowest BCUT2D eigenvalue weighted by Gasteiger charge is -2.20. The monoisotopic (exact) mass is 268 g/mol. The summed E-state index contributed by atoms with van der Waals surface area (Å²) in [5.41, 5.74) is 0. The zero-order valence-corrected chi connectivity index (χ0v) is 11.2. The van der Waals surface area contributed by atoms with Crippen molar-refractivity contribution >= 4 is 16.2 Å². The second kappa shape index (κ2) is 7.59. The number of carbonyl (C=O) groups is 1. The minimum Gasteiger partial charge on any atom is -0.480 e. The minimum absolute atomic E-state index is 0.0101. The average molecular weight is 268 g/mol. The van der Waals surface area contributed by atoms with Gasteiger partial charge in [0.15, 0.2) is 0 Å². The van der Waals surface area contributed by atoms with E-state index in [9.17, 15) is 13.2 Å². The summed E-state index contributed by atoms with van der Waals surface area (Å²) in [6, 6.07) is 0. The van der Waals surface area contributed by atoms with E-state index in [1.54, 1.807) is 0 Å². The maximum absolute atomic E-state index is 11.8. The van der Waals surface area contributed by atoms with Crippen molar-refractivity contribution in [1.82, 2.24) is 9.03 Å². The zero-order valence-electron chi connectivity index (χ0n) is 10.3. The molecule has 2 N–H and O–H groups in total. The molecule has 0 aliphatic heterocycles. The molecule has 0 aromatic rings. The third-order valence-electron chi connectivity index (χ3n) is 1.87. The normalized spacial score (nSPS) is 12.3. The molecule has 0 aromatic heterocycles. The van der Waals surface area contributed by atoms with E-state index >= 15 is 0 Å². The van der Waals surface area contributed by atoms with Crippen LogP contribution in [-0.4, -0.2) is 57.1 Å². The third kappa shape index (κ3) is 7.27. The first-order valence-corrected chi connectivity index (χ1v) is 6.69. The number of methoxy groups -OCH3 is 1. The lowest BCUT2D eigenvalue weighted by molar-refractivity contribution is -0.137. The van der Waals surface area contributed by atoms with Crippen LogP contribution in [0, 0.1) is 5.92 Å². The van der Waals surface area contributed by atoms with Crippen LogP contribution >= 0.6 is 0 Å². The summed E-state index contributed by atoms with van der Waals surface area (Å²) in [5.74, 6) is -1.05. The van der Waals surface area contributed by atoms with Crippen molar-refractivity contribution in [2.24, 2.45) is 5.92 Å². The Labute approximate surface area is 102 Å². The SMILES string of the molecule is COCCN(CC(=O)O)S(=O)(=O)NCC(C)C. The maximum atomic E-state index is 11.8. The van der Waals surface area contributed by atoms with Gasteiger partial charge < -0.3 is 9.84 Å². The first-order chi connectivity index (χ1) is 7.79. The molecular weight excluding hydrogens is 248 g/mol. The molecule has 0 fully saturated rings. The molecule has 0 aliphatic rings. The van der Waals surface area contributed by atoms with Crippen LogP contribution in [0.3, 0.4) is 0 Å². The summed E-state index contributed by atoms with van der Waals surface area (Å²) < 4.78 is 31.5. The highest BCUT2D eigenvalue weighted by atomic mass is 32.2. The smallest absolute Gasteiger partial charge is 0.318 e. The quantitative estimate of drug-likeness (QED) is 0.588. The molecule has 0 bridgehead atoms. The number of hydrogen-bond donors (Lipinski definition) is 2. The Morgan fingerprint density at radius 1 is 1.47 bits per heavy atom. The van der Waals surface area contributed by atoms with Crippen LogP contribution in [0.15, 0.2) is 0 Å². The molecule has 0 saturated carbocycles. The van der Waals surface area contributed by atoms with E-state index in [1.165, 1.54) is 7.11 Å². The summed E-state index contributed by atoms with van der Waals surface area (Å²) in [6.45, 7) is 3.58. The Balaban J connectivity index is 4.57. The second-order valence-corrected chi connectivity index (χ2v) is 5.72. The molecule has 8 heteroatoms. The molecular formula is C9H20N2O5S. The lowest BCUT2D eigenvalue weighted by atomic mass is 10.2. The fourth-order valence-corrected chi connectivity index (χ4v) is 2.31. The lowest BCUT2D eigenvalue weighted by Crippen LogP contribution is -2.45. The van der Waals surface area contributed by atoms with E-state index in [0.717, 1.165) is 4.31 Å². The second-order valence-electron chi connectivity index (χ2n) is 3.97. The number of nitrogens with zero attached hydrogens (tertiary/aromatic N) is 1. The van der Waals surface area contributed by atoms with Gasteiger partial charge in [-0.3, -0.25) is 4.79 Å². The average Bonchev–Trinajstić information content (AvgIpc) is 2.21. The summed E-state index contributed by atoms with van der Waals surface area (Å²) in [4.78, 5) is 10.6. The van der Waals surface area contributed by atoms with Gasteiger partial charge in [0.05, 0.1) is 6.61 Å². The summed E-state index contributed by atoms with van der Waals surface area (Å²) in [7, 11) is -2.34. The molecule has 0 rings (SSSR count). The first kappa shape index (κ1) is 16.3. The van der Waals surface area contributed by atoms with Gasteiger partial charge in [0.25, 0.3) is 10.2 Å². The van der Waals surface area contributed by atoms with Gasteiger partial charge in [-0.1, -0.05) is 13.8 Å². The highest BCUT2D eigenvalue weighted by molar-refractivity contribution is 7.87. The Morgan fingerprint density at radius 3 is 2.47 bits per heavy atom. The van der Waals surface area contributed by atoms with E-state index in [-0.39, 0.29) is 25.6 Å². The molecule has 0 aromatic carbocycles. The topological polar surface area (TPSA) is 95.9 Å². The predicted molar refractivity (Wildman–Crippen MR) is 62.8 cm³/mol. The van der Waals surface area contributed by atoms with Crippen molar-refractivity contribution in [3.05, 3.63) is 0 Å². The Hall–Kier alpha value is -0.700. The van der Waals surface area contributed by atoms with Crippen molar-refractivity contribution in [2.45, 2.75) is 13.8 Å². The van der Waals surface area contributed by atoms with Crippen LogP contribution in [0.1, 0.15) is 13.8 Å². The van der Waals surface area contributed by atoms with E-state index < -0.39 is 22.7 Å². The highest BCUT2D eigenvalue weighted by Crippen LogP contribution is 1.99. The van der Waals surface area contributed by atoms with Crippen molar-refractivity contribution in [1.29, 1.82) is 0 Å². The van der Waals surface area contributed by atoms with E-state index in [2.05, 4.69) is 4.72 Å². The Morgan fingerprint density at radius 2 is 2.06 bits per heavy atom. The Bertz CT molecular complexity index is 328. The van der Waals surface area contributed by atoms with Crippen molar-refractivity contribution in [3.8, 4) is 0 Å². The van der Waals surface area contributed by atoms with Gasteiger partial charge in [-0.25, -0.2) is 4.72 Å². The summed E-state index contributed by atoms with van der Waals surface area (Å²) in [6.07, 6.45) is 0. The molecule has 0 atom stereocenters. The predicted octanol–water partition coefficient (Wildman–Crippen LogP) is -0.490. The van der Waals surface area contributed by atoms with Gasteiger partial charge in [0, 0.05) is 20.2 Å². The fraction of sp³-hybridized carbons (Fsp3) is 0.889. The number of hydrogen-bond acceptors (Lipinski definition) is 4. The summed E-state index contributed by atoms with van der Waals surface area (Å²) >= 11 is 0. The van der Waals surface area contributed by atoms with Gasteiger partial charge in [-0.05, 0) is 5.92 Å². The number of ether oxygens (including phenoxy) is 1. The van der Waals surface area contributed by atoms with Crippen molar-refractivity contribution < 1.29 is 23.1 Å². The van der Waals surface area contributed by atoms with E-state index in [0.29, 0.717) is 0 Å². The fourth-order valence-electron chi connectivity index (χ4n) is 0.991. The van der Waals surface area contributed by atoms with Gasteiger partial charge in [-0.2, -0.15) is 12.7 Å². The molecule has 0 spiro atoms. The largest absolute Gasteiger partial charge is 0.480 e. The van der Waals surface area contributed by atoms with E-state index in [4.69, 9.17) is 9.84 Å². The molecule has 0 amide bonds. The third-order valence-corrected chi connectivity index (χ3v) is 3.39. The molecule has 0 aliphatic carbocycles. The molecule has 17 heavy (non-hydrogen) atoms. The standard InChI is InChI=1S/C9H20N2O5S/c1-8(2)6-10-17(14,15)11(4-5-16-3)7-9(12)13/h8,10H,4-7H2,1-3H3,(H,12,13). The molecule has 0 radical (unpaired) electrons. The van der Waals surface area contributed by atoms with Crippen molar-refractivity contribution in [2.75, 3.05) is 33.4 Å². The first-order valence-electron chi connectivity index (χ1n) is 5.25. The Kier molecular flexibility index (Phi) is 7.28. The van der Waals surface area contributed by atoms with Crippen LogP contribution in [0.25, 0.3) is 0 Å². The van der Waals surface area contributed by atoms with Crippen LogP contribution in [0.5, 0.6) is 0 Å². The van der Waals surface area contributed by atoms with Crippen LogP contribution in [-0.2, 0) is 19.7 Å². The maximum Gasteiger partial charge on any atom is 0.318 e. The molecule has 102 valence electrons. The van der Waals surface area contributed by atoms with Gasteiger partial charge in [0.1, 0.15) is 6.54 Å². The van der Waals surface area contributed by atoms with E-state index in [1.807, 2.05) is 13.8 Å². The van der Waals surface area contributed by atoms with Gasteiger partial charge >= 0.3 is 5.97 Å². The molecule has 0 saturated heterocycles. The number of nitrogens with one attached hydrogen (secondary N) is 1. The molecule has 0 heterocycles. The summed E-state index contributed by atoms with van der Waals surface area (Å²) in [5, 5.41) is 8.65. The van der Waals surface area contributed by atoms with Crippen molar-refractivity contribution in [3.63, 3.8) is 0 Å². The number of carboxylic acid groups (broad SMARTS) is 1. The van der Waals surface area contributed by atoms with Crippen LogP contribution in [0.2, 0.25) is 0 Å².